The largest absolute Gasteiger partial charge is 0.494 e. The number of carbonyl (C=O) groups excluding carboxylic acids is 2. The molecule has 0 fully saturated rings. The number of amides is 2. The van der Waals surface area contributed by atoms with E-state index in [0.29, 0.717) is 30.7 Å². The molecule has 2 rings (SSSR count). The molecule has 142 valence electrons. The lowest BCUT2D eigenvalue weighted by molar-refractivity contribution is -0.136. The van der Waals surface area contributed by atoms with Crippen molar-refractivity contribution in [3.63, 3.8) is 0 Å². The fourth-order valence-corrected chi connectivity index (χ4v) is 2.25. The van der Waals surface area contributed by atoms with Crippen LogP contribution in [0.3, 0.4) is 0 Å². The molecule has 0 aliphatic carbocycles. The van der Waals surface area contributed by atoms with E-state index in [2.05, 4.69) is 10.6 Å². The van der Waals surface area contributed by atoms with E-state index in [1.807, 2.05) is 30.3 Å². The number of hydrogen-bond donors (Lipinski definition) is 3. The monoisotopic (exact) mass is 370 g/mol. The molecule has 0 aromatic heterocycles. The summed E-state index contributed by atoms with van der Waals surface area (Å²) in [6, 6.07) is 15.8. The van der Waals surface area contributed by atoms with Gasteiger partial charge in [0.1, 0.15) is 5.75 Å². The average molecular weight is 370 g/mol. The number of ether oxygens (including phenoxy) is 1. The minimum atomic E-state index is -0.970. The Kier molecular flexibility index (Phi) is 7.84. The molecule has 0 radical (unpaired) electrons. The maximum absolute atomic E-state index is 11.9. The van der Waals surface area contributed by atoms with Gasteiger partial charge in [0, 0.05) is 24.2 Å². The highest BCUT2D eigenvalue weighted by Gasteiger charge is 2.07. The molecule has 0 atom stereocenters. The second-order valence-electron chi connectivity index (χ2n) is 5.79. The molecule has 3 N–H and O–H groups in total. The maximum Gasteiger partial charge on any atom is 0.305 e. The van der Waals surface area contributed by atoms with Crippen molar-refractivity contribution in [3.05, 3.63) is 60.2 Å². The van der Waals surface area contributed by atoms with Gasteiger partial charge >= 0.3 is 5.97 Å². The van der Waals surface area contributed by atoms with Crippen LogP contribution in [0, 0.1) is 0 Å². The van der Waals surface area contributed by atoms with Crippen LogP contribution in [0.2, 0.25) is 0 Å². The summed E-state index contributed by atoms with van der Waals surface area (Å²) in [5, 5.41) is 13.8. The lowest BCUT2D eigenvalue weighted by Crippen LogP contribution is -2.25. The zero-order chi connectivity index (χ0) is 19.5. The molecule has 0 heterocycles. The van der Waals surface area contributed by atoms with E-state index in [1.165, 1.54) is 0 Å². The molecule has 0 saturated carbocycles. The molecule has 7 heteroatoms. The van der Waals surface area contributed by atoms with Gasteiger partial charge in [-0.15, -0.1) is 0 Å². The highest BCUT2D eigenvalue weighted by molar-refractivity contribution is 5.95. The van der Waals surface area contributed by atoms with Gasteiger partial charge in [0.15, 0.2) is 0 Å². The van der Waals surface area contributed by atoms with Gasteiger partial charge in [0.25, 0.3) is 5.91 Å². The van der Waals surface area contributed by atoms with E-state index in [-0.39, 0.29) is 24.8 Å². The number of carboxylic acid groups (broad SMARTS) is 1. The highest BCUT2D eigenvalue weighted by Crippen LogP contribution is 2.11. The maximum atomic E-state index is 11.9. The summed E-state index contributed by atoms with van der Waals surface area (Å²) in [5.41, 5.74) is 0.987. The molecule has 0 bridgehead atoms. The first kappa shape index (κ1) is 20.0. The first-order valence-electron chi connectivity index (χ1n) is 8.62. The third kappa shape index (κ3) is 7.60. The number of carboxylic acids is 1. The summed E-state index contributed by atoms with van der Waals surface area (Å²) >= 11 is 0. The van der Waals surface area contributed by atoms with Crippen molar-refractivity contribution in [2.24, 2.45) is 0 Å². The van der Waals surface area contributed by atoms with E-state index >= 15 is 0 Å². The molecule has 27 heavy (non-hydrogen) atoms. The summed E-state index contributed by atoms with van der Waals surface area (Å²) in [6.07, 6.45) is 0.781. The molecule has 0 spiro atoms. The normalized spacial score (nSPS) is 10.1. The third-order valence-electron chi connectivity index (χ3n) is 3.62. The topological polar surface area (TPSA) is 105 Å². The molecule has 2 aromatic rings. The first-order chi connectivity index (χ1) is 13.0. The Morgan fingerprint density at radius 2 is 1.63 bits per heavy atom. The predicted octanol–water partition coefficient (Wildman–Crippen LogP) is 2.69. The molecule has 0 aliphatic heterocycles. The van der Waals surface area contributed by atoms with Crippen molar-refractivity contribution in [2.75, 3.05) is 18.5 Å². The minimum absolute atomic E-state index is 0.0672. The van der Waals surface area contributed by atoms with E-state index in [1.54, 1.807) is 24.3 Å². The summed E-state index contributed by atoms with van der Waals surface area (Å²) in [5.74, 6) is -0.685. The molecule has 2 amide bonds. The summed E-state index contributed by atoms with van der Waals surface area (Å²) < 4.78 is 5.53. The van der Waals surface area contributed by atoms with Crippen LogP contribution in [0.1, 0.15) is 29.6 Å². The fraction of sp³-hybridized carbons (Fsp3) is 0.250. The van der Waals surface area contributed by atoms with Crippen LogP contribution in [-0.2, 0) is 9.59 Å². The number of anilines is 1. The lowest BCUT2D eigenvalue weighted by Gasteiger charge is -2.08. The van der Waals surface area contributed by atoms with Gasteiger partial charge in [-0.1, -0.05) is 18.2 Å². The van der Waals surface area contributed by atoms with E-state index in [9.17, 15) is 14.4 Å². The molecule has 0 unspecified atom stereocenters. The van der Waals surface area contributed by atoms with Crippen molar-refractivity contribution in [3.8, 4) is 5.75 Å². The highest BCUT2D eigenvalue weighted by atomic mass is 16.5. The number of nitrogens with one attached hydrogen (secondary N) is 2. The van der Waals surface area contributed by atoms with Gasteiger partial charge in [-0.3, -0.25) is 14.4 Å². The Bertz CT molecular complexity index is 760. The van der Waals surface area contributed by atoms with Crippen molar-refractivity contribution >= 4 is 23.5 Å². The standard InChI is InChI=1S/C20H22N2O5/c23-18(7-4-14-27-17-5-2-1-3-6-17)22-16-10-8-15(9-11-16)20(26)21-13-12-19(24)25/h1-3,5-6,8-11H,4,7,12-14H2,(H,21,26)(H,22,23)(H,24,25). The zero-order valence-electron chi connectivity index (χ0n) is 14.8. The number of aliphatic carboxylic acids is 1. The Hall–Kier alpha value is -3.35. The quantitative estimate of drug-likeness (QED) is 0.558. The Labute approximate surface area is 157 Å². The van der Waals surface area contributed by atoms with Crippen LogP contribution < -0.4 is 15.4 Å². The molecular weight excluding hydrogens is 348 g/mol. The summed E-state index contributed by atoms with van der Waals surface area (Å²) in [7, 11) is 0. The van der Waals surface area contributed by atoms with Gasteiger partial charge in [-0.05, 0) is 42.8 Å². The van der Waals surface area contributed by atoms with Crippen molar-refractivity contribution in [1.29, 1.82) is 0 Å². The van der Waals surface area contributed by atoms with Crippen LogP contribution in [0.5, 0.6) is 5.75 Å². The first-order valence-corrected chi connectivity index (χ1v) is 8.62. The number of carbonyl (C=O) groups is 3. The van der Waals surface area contributed by atoms with Crippen molar-refractivity contribution in [2.45, 2.75) is 19.3 Å². The summed E-state index contributed by atoms with van der Waals surface area (Å²) in [6.45, 7) is 0.518. The Morgan fingerprint density at radius 1 is 0.926 bits per heavy atom. The molecule has 2 aromatic carbocycles. The van der Waals surface area contributed by atoms with Gasteiger partial charge in [-0.2, -0.15) is 0 Å². The number of hydrogen-bond acceptors (Lipinski definition) is 4. The number of benzene rings is 2. The Balaban J connectivity index is 1.69. The molecular formula is C20H22N2O5. The van der Waals surface area contributed by atoms with E-state index < -0.39 is 5.97 Å². The second-order valence-corrected chi connectivity index (χ2v) is 5.79. The number of rotatable bonds is 10. The molecule has 0 aliphatic rings. The van der Waals surface area contributed by atoms with Crippen LogP contribution in [0.15, 0.2) is 54.6 Å². The SMILES string of the molecule is O=C(O)CCNC(=O)c1ccc(NC(=O)CCCOc2ccccc2)cc1. The summed E-state index contributed by atoms with van der Waals surface area (Å²) in [4.78, 5) is 34.2. The Morgan fingerprint density at radius 3 is 2.30 bits per heavy atom. The van der Waals surface area contributed by atoms with Crippen LogP contribution in [0.25, 0.3) is 0 Å². The van der Waals surface area contributed by atoms with Gasteiger partial charge in [0.2, 0.25) is 5.91 Å². The van der Waals surface area contributed by atoms with Crippen molar-refractivity contribution in [1.82, 2.24) is 5.32 Å². The second kappa shape index (κ2) is 10.6. The number of para-hydroxylation sites is 1. The van der Waals surface area contributed by atoms with Crippen LogP contribution >= 0.6 is 0 Å². The van der Waals surface area contributed by atoms with Crippen LogP contribution in [-0.4, -0.2) is 36.0 Å². The van der Waals surface area contributed by atoms with Gasteiger partial charge in [-0.25, -0.2) is 0 Å². The van der Waals surface area contributed by atoms with E-state index in [0.717, 1.165) is 5.75 Å². The fourth-order valence-electron chi connectivity index (χ4n) is 2.25. The van der Waals surface area contributed by atoms with Gasteiger partial charge < -0.3 is 20.5 Å². The van der Waals surface area contributed by atoms with Crippen molar-refractivity contribution < 1.29 is 24.2 Å². The molecule has 0 saturated heterocycles. The predicted molar refractivity (Wildman–Crippen MR) is 101 cm³/mol. The van der Waals surface area contributed by atoms with Crippen LogP contribution in [0.4, 0.5) is 5.69 Å². The smallest absolute Gasteiger partial charge is 0.305 e. The van der Waals surface area contributed by atoms with E-state index in [4.69, 9.17) is 9.84 Å². The molecule has 7 nitrogen and oxygen atoms in total. The third-order valence-corrected chi connectivity index (χ3v) is 3.62. The zero-order valence-corrected chi connectivity index (χ0v) is 14.8. The van der Waals surface area contributed by atoms with Gasteiger partial charge in [0.05, 0.1) is 13.0 Å². The average Bonchev–Trinajstić information content (AvgIpc) is 2.66. The minimum Gasteiger partial charge on any atom is -0.494 e. The lowest BCUT2D eigenvalue weighted by atomic mass is 10.2.